The molecule has 0 aliphatic carbocycles. The molecule has 4 nitrogen and oxygen atoms in total. The average Bonchev–Trinajstić information content (AvgIpc) is 2.42. The van der Waals surface area contributed by atoms with E-state index in [1.165, 1.54) is 31.0 Å². The van der Waals surface area contributed by atoms with Crippen LogP contribution in [0.2, 0.25) is 0 Å². The molecule has 0 amide bonds. The van der Waals surface area contributed by atoms with Crippen LogP contribution < -0.4 is 0 Å². The molecule has 2 aromatic rings. The zero-order chi connectivity index (χ0) is 13.8. The molecule has 2 aromatic carbocycles. The van der Waals surface area contributed by atoms with Gasteiger partial charge in [-0.25, -0.2) is 4.79 Å². The van der Waals surface area contributed by atoms with E-state index in [1.54, 1.807) is 30.3 Å². The van der Waals surface area contributed by atoms with Crippen LogP contribution in [-0.2, 0) is 4.74 Å². The lowest BCUT2D eigenvalue weighted by Gasteiger charge is -2.05. The number of hydrogen-bond donors (Lipinski definition) is 2. The zero-order valence-corrected chi connectivity index (χ0v) is 11.0. The third-order valence-corrected chi connectivity index (χ3v) is 3.52. The summed E-state index contributed by atoms with van der Waals surface area (Å²) in [7, 11) is 1.33. The van der Waals surface area contributed by atoms with Gasteiger partial charge in [-0.15, -0.1) is 0 Å². The quantitative estimate of drug-likeness (QED) is 0.843. The van der Waals surface area contributed by atoms with E-state index in [1.807, 2.05) is 0 Å². The van der Waals surface area contributed by atoms with Gasteiger partial charge in [0.05, 0.1) is 17.6 Å². The van der Waals surface area contributed by atoms with Crippen LogP contribution in [0, 0.1) is 0 Å². The average molecular weight is 276 g/mol. The van der Waals surface area contributed by atoms with E-state index in [4.69, 9.17) is 0 Å². The van der Waals surface area contributed by atoms with Gasteiger partial charge in [-0.3, -0.25) is 0 Å². The van der Waals surface area contributed by atoms with Gasteiger partial charge in [-0.2, -0.15) is 0 Å². The Morgan fingerprint density at radius 3 is 2.37 bits per heavy atom. The lowest BCUT2D eigenvalue weighted by Crippen LogP contribution is -2.00. The number of carbonyl (C=O) groups is 1. The SMILES string of the molecule is COC(=O)c1ccc(Sc2ccc(O)cc2O)cc1. The Labute approximate surface area is 114 Å². The first kappa shape index (κ1) is 13.3. The van der Waals surface area contributed by atoms with Crippen molar-refractivity contribution in [3.8, 4) is 11.5 Å². The number of hydrogen-bond acceptors (Lipinski definition) is 5. The van der Waals surface area contributed by atoms with Crippen molar-refractivity contribution in [3.63, 3.8) is 0 Å². The minimum absolute atomic E-state index is 0.0158. The van der Waals surface area contributed by atoms with Crippen molar-refractivity contribution in [2.24, 2.45) is 0 Å². The fourth-order valence-electron chi connectivity index (χ4n) is 1.50. The number of benzene rings is 2. The summed E-state index contributed by atoms with van der Waals surface area (Å²) in [6.45, 7) is 0. The van der Waals surface area contributed by atoms with Crippen molar-refractivity contribution in [2.45, 2.75) is 9.79 Å². The van der Waals surface area contributed by atoms with Crippen molar-refractivity contribution < 1.29 is 19.7 Å². The van der Waals surface area contributed by atoms with Gasteiger partial charge in [0, 0.05) is 11.0 Å². The molecule has 0 aromatic heterocycles. The van der Waals surface area contributed by atoms with E-state index < -0.39 is 0 Å². The van der Waals surface area contributed by atoms with Crippen molar-refractivity contribution in [1.82, 2.24) is 0 Å². The normalized spacial score (nSPS) is 10.2. The molecule has 0 heterocycles. The zero-order valence-electron chi connectivity index (χ0n) is 10.2. The molecular weight excluding hydrogens is 264 g/mol. The van der Waals surface area contributed by atoms with Crippen molar-refractivity contribution in [1.29, 1.82) is 0 Å². The molecule has 0 fully saturated rings. The molecule has 0 spiro atoms. The van der Waals surface area contributed by atoms with E-state index >= 15 is 0 Å². The molecular formula is C14H12O4S. The summed E-state index contributed by atoms with van der Waals surface area (Å²) < 4.78 is 4.61. The van der Waals surface area contributed by atoms with Crippen molar-refractivity contribution >= 4 is 17.7 Å². The molecule has 2 rings (SSSR count). The summed E-state index contributed by atoms with van der Waals surface area (Å²) >= 11 is 1.34. The van der Waals surface area contributed by atoms with E-state index in [2.05, 4.69) is 4.74 Å². The van der Waals surface area contributed by atoms with Gasteiger partial charge in [0.25, 0.3) is 0 Å². The second kappa shape index (κ2) is 5.67. The molecule has 0 bridgehead atoms. The van der Waals surface area contributed by atoms with Crippen LogP contribution in [0.4, 0.5) is 0 Å². The fourth-order valence-corrected chi connectivity index (χ4v) is 2.32. The van der Waals surface area contributed by atoms with Gasteiger partial charge < -0.3 is 14.9 Å². The number of ether oxygens (including phenoxy) is 1. The topological polar surface area (TPSA) is 66.8 Å². The Hall–Kier alpha value is -2.14. The molecule has 0 unspecified atom stereocenters. The second-order valence-corrected chi connectivity index (χ2v) is 4.89. The highest BCUT2D eigenvalue weighted by Gasteiger charge is 2.07. The largest absolute Gasteiger partial charge is 0.508 e. The minimum atomic E-state index is -0.385. The van der Waals surface area contributed by atoms with Crippen LogP contribution in [-0.4, -0.2) is 23.3 Å². The molecule has 0 atom stereocenters. The van der Waals surface area contributed by atoms with Crippen LogP contribution in [0.25, 0.3) is 0 Å². The molecule has 0 aliphatic rings. The van der Waals surface area contributed by atoms with Gasteiger partial charge >= 0.3 is 5.97 Å². The minimum Gasteiger partial charge on any atom is -0.508 e. The summed E-state index contributed by atoms with van der Waals surface area (Å²) in [5.41, 5.74) is 0.474. The number of aromatic hydroxyl groups is 2. The predicted molar refractivity (Wildman–Crippen MR) is 71.7 cm³/mol. The molecule has 0 saturated heterocycles. The van der Waals surface area contributed by atoms with Gasteiger partial charge in [0.15, 0.2) is 0 Å². The highest BCUT2D eigenvalue weighted by atomic mass is 32.2. The van der Waals surface area contributed by atoms with Gasteiger partial charge in [0.2, 0.25) is 0 Å². The van der Waals surface area contributed by atoms with Crippen LogP contribution in [0.1, 0.15) is 10.4 Å². The molecule has 98 valence electrons. The first-order valence-electron chi connectivity index (χ1n) is 5.48. The monoisotopic (exact) mass is 276 g/mol. The maximum absolute atomic E-state index is 11.3. The third kappa shape index (κ3) is 3.20. The summed E-state index contributed by atoms with van der Waals surface area (Å²) in [4.78, 5) is 12.8. The standard InChI is InChI=1S/C14H12O4S/c1-18-14(17)9-2-5-11(6-3-9)19-13-7-4-10(15)8-12(13)16/h2-8,15-16H,1H3. The number of esters is 1. The number of carbonyl (C=O) groups excluding carboxylic acids is 1. The lowest BCUT2D eigenvalue weighted by molar-refractivity contribution is 0.0600. The first-order chi connectivity index (χ1) is 9.10. The summed E-state index contributed by atoms with van der Waals surface area (Å²) in [6.07, 6.45) is 0. The Morgan fingerprint density at radius 2 is 1.79 bits per heavy atom. The number of phenolic OH excluding ortho intramolecular Hbond substituents is 2. The van der Waals surface area contributed by atoms with Gasteiger partial charge in [0.1, 0.15) is 11.5 Å². The van der Waals surface area contributed by atoms with Crippen LogP contribution in [0.5, 0.6) is 11.5 Å². The summed E-state index contributed by atoms with van der Waals surface area (Å²) in [5.74, 6) is -0.353. The number of methoxy groups -OCH3 is 1. The van der Waals surface area contributed by atoms with Crippen molar-refractivity contribution in [2.75, 3.05) is 7.11 Å². The Bertz CT molecular complexity index is 593. The number of rotatable bonds is 3. The highest BCUT2D eigenvalue weighted by Crippen LogP contribution is 2.36. The van der Waals surface area contributed by atoms with E-state index in [9.17, 15) is 15.0 Å². The molecule has 0 aliphatic heterocycles. The predicted octanol–water partition coefficient (Wildman–Crippen LogP) is 3.04. The second-order valence-electron chi connectivity index (χ2n) is 3.77. The highest BCUT2D eigenvalue weighted by molar-refractivity contribution is 7.99. The fraction of sp³-hybridized carbons (Fsp3) is 0.0714. The molecule has 2 N–H and O–H groups in total. The molecule has 19 heavy (non-hydrogen) atoms. The van der Waals surface area contributed by atoms with Crippen LogP contribution >= 0.6 is 11.8 Å². The molecule has 0 radical (unpaired) electrons. The van der Waals surface area contributed by atoms with E-state index in [0.717, 1.165) is 4.90 Å². The smallest absolute Gasteiger partial charge is 0.337 e. The third-order valence-electron chi connectivity index (χ3n) is 2.45. The van der Waals surface area contributed by atoms with Crippen LogP contribution in [0.3, 0.4) is 0 Å². The summed E-state index contributed by atoms with van der Waals surface area (Å²) in [5, 5.41) is 18.9. The Morgan fingerprint density at radius 1 is 1.11 bits per heavy atom. The number of phenols is 2. The lowest BCUT2D eigenvalue weighted by atomic mass is 10.2. The summed E-state index contributed by atoms with van der Waals surface area (Å²) in [6, 6.07) is 11.3. The molecule has 5 heteroatoms. The van der Waals surface area contributed by atoms with E-state index in [0.29, 0.717) is 10.5 Å². The maximum Gasteiger partial charge on any atom is 0.337 e. The van der Waals surface area contributed by atoms with Gasteiger partial charge in [-0.1, -0.05) is 11.8 Å². The van der Waals surface area contributed by atoms with Gasteiger partial charge in [-0.05, 0) is 36.4 Å². The van der Waals surface area contributed by atoms with Crippen molar-refractivity contribution in [3.05, 3.63) is 48.0 Å². The molecule has 0 saturated carbocycles. The first-order valence-corrected chi connectivity index (χ1v) is 6.30. The van der Waals surface area contributed by atoms with E-state index in [-0.39, 0.29) is 17.5 Å². The Kier molecular flexibility index (Phi) is 3.97. The van der Waals surface area contributed by atoms with Crippen LogP contribution in [0.15, 0.2) is 52.3 Å². The maximum atomic E-state index is 11.3. The Balaban J connectivity index is 2.17.